The summed E-state index contributed by atoms with van der Waals surface area (Å²) >= 11 is 7.90. The largest absolute Gasteiger partial charge is 0.226 e. The zero-order valence-corrected chi connectivity index (χ0v) is 16.8. The van der Waals surface area contributed by atoms with E-state index < -0.39 is 0 Å². The molecule has 2 aromatic heterocycles. The standard InChI is InChI=1S/C25H14ClN3S/c26-25-28-23(17-10-9-15-5-1-2-6-16(15)13-17)27-24(29-25)18-11-12-20-19-7-3-4-8-21(19)30-22(20)14-18/h1-14H/i1D,2D,5D,9D,10D,13D. The maximum atomic E-state index is 8.72. The van der Waals surface area contributed by atoms with Crippen molar-refractivity contribution in [3.63, 3.8) is 0 Å². The molecule has 3 nitrogen and oxygen atoms in total. The van der Waals surface area contributed by atoms with Crippen molar-refractivity contribution in [2.45, 2.75) is 0 Å². The van der Waals surface area contributed by atoms with E-state index in [2.05, 4.69) is 27.1 Å². The van der Waals surface area contributed by atoms with Crippen molar-refractivity contribution in [1.29, 1.82) is 0 Å². The van der Waals surface area contributed by atoms with Crippen LogP contribution in [0.25, 0.3) is 53.7 Å². The fraction of sp³-hybridized carbons (Fsp3) is 0. The Kier molecular flexibility index (Phi) is 2.83. The van der Waals surface area contributed by atoms with Gasteiger partial charge < -0.3 is 0 Å². The zero-order valence-electron chi connectivity index (χ0n) is 21.2. The summed E-state index contributed by atoms with van der Waals surface area (Å²) in [5, 5.41) is 2.24. The predicted molar refractivity (Wildman–Crippen MR) is 126 cm³/mol. The Morgan fingerprint density at radius 2 is 1.57 bits per heavy atom. The summed E-state index contributed by atoms with van der Waals surface area (Å²) in [6.07, 6.45) is 0. The van der Waals surface area contributed by atoms with Crippen LogP contribution in [0.4, 0.5) is 0 Å². The minimum Gasteiger partial charge on any atom is -0.208 e. The van der Waals surface area contributed by atoms with E-state index in [-0.39, 0.29) is 69.5 Å². The fourth-order valence-electron chi connectivity index (χ4n) is 3.40. The number of fused-ring (bicyclic) bond motifs is 4. The van der Waals surface area contributed by atoms with Crippen LogP contribution >= 0.6 is 22.9 Å². The van der Waals surface area contributed by atoms with Crippen molar-refractivity contribution in [3.8, 4) is 22.8 Å². The van der Waals surface area contributed by atoms with Crippen LogP contribution in [0, 0.1) is 0 Å². The van der Waals surface area contributed by atoms with Gasteiger partial charge in [-0.05, 0) is 40.5 Å². The molecule has 0 spiro atoms. The molecule has 0 saturated carbocycles. The van der Waals surface area contributed by atoms with Crippen molar-refractivity contribution in [2.75, 3.05) is 0 Å². The predicted octanol–water partition coefficient (Wildman–Crippen LogP) is 7.38. The lowest BCUT2D eigenvalue weighted by Gasteiger charge is -2.06. The number of benzene rings is 4. The third-order valence-electron chi connectivity index (χ3n) is 4.79. The molecule has 0 unspecified atom stereocenters. The summed E-state index contributed by atoms with van der Waals surface area (Å²) < 4.78 is 52.0. The highest BCUT2D eigenvalue weighted by molar-refractivity contribution is 7.25. The molecule has 0 aliphatic heterocycles. The molecule has 0 atom stereocenters. The molecular formula is C25H14ClN3S. The molecule has 0 aliphatic carbocycles. The molecule has 142 valence electrons. The van der Waals surface area contributed by atoms with Crippen LogP contribution in [-0.4, -0.2) is 15.0 Å². The minimum atomic E-state index is -0.359. The van der Waals surface area contributed by atoms with Crippen molar-refractivity contribution in [3.05, 3.63) is 90.1 Å². The van der Waals surface area contributed by atoms with Gasteiger partial charge in [-0.15, -0.1) is 11.3 Å². The van der Waals surface area contributed by atoms with Crippen molar-refractivity contribution in [2.24, 2.45) is 0 Å². The minimum absolute atomic E-state index is 0.0228. The summed E-state index contributed by atoms with van der Waals surface area (Å²) in [6, 6.07) is 13.4. The van der Waals surface area contributed by atoms with Crippen LogP contribution in [0.1, 0.15) is 8.22 Å². The smallest absolute Gasteiger partial charge is 0.208 e. The first-order chi connectivity index (χ1) is 17.2. The molecule has 0 radical (unpaired) electrons. The molecule has 0 bridgehead atoms. The second-order valence-electron chi connectivity index (χ2n) is 6.64. The molecule has 5 heteroatoms. The van der Waals surface area contributed by atoms with Crippen LogP contribution in [0.5, 0.6) is 0 Å². The van der Waals surface area contributed by atoms with Gasteiger partial charge in [-0.1, -0.05) is 66.6 Å². The molecule has 2 heterocycles. The zero-order chi connectivity index (χ0) is 25.3. The summed E-state index contributed by atoms with van der Waals surface area (Å²) in [5.41, 5.74) is 0.641. The number of hydrogen-bond acceptors (Lipinski definition) is 4. The Labute approximate surface area is 190 Å². The van der Waals surface area contributed by atoms with E-state index in [4.69, 9.17) is 19.8 Å². The highest BCUT2D eigenvalue weighted by Gasteiger charge is 2.12. The highest BCUT2D eigenvalue weighted by Crippen LogP contribution is 2.36. The molecule has 6 rings (SSSR count). The molecule has 0 saturated heterocycles. The molecule has 0 N–H and O–H groups in total. The van der Waals surface area contributed by atoms with Crippen LogP contribution in [-0.2, 0) is 0 Å². The third kappa shape index (κ3) is 2.93. The quantitative estimate of drug-likeness (QED) is 0.288. The highest BCUT2D eigenvalue weighted by atomic mass is 35.5. The van der Waals surface area contributed by atoms with Crippen molar-refractivity contribution < 1.29 is 8.22 Å². The number of hydrogen-bond donors (Lipinski definition) is 0. The number of nitrogens with zero attached hydrogens (tertiary/aromatic N) is 3. The lowest BCUT2D eigenvalue weighted by molar-refractivity contribution is 1.07. The van der Waals surface area contributed by atoms with Crippen LogP contribution in [0.15, 0.2) is 84.8 Å². The number of thiophene rings is 1. The molecule has 0 fully saturated rings. The maximum Gasteiger partial charge on any atom is 0.226 e. The normalized spacial score (nSPS) is 14.3. The first kappa shape index (κ1) is 12.4. The molecule has 4 aromatic carbocycles. The summed E-state index contributed by atoms with van der Waals surface area (Å²) in [7, 11) is 0. The van der Waals surface area contributed by atoms with E-state index >= 15 is 0 Å². The van der Waals surface area contributed by atoms with Crippen molar-refractivity contribution in [1.82, 2.24) is 15.0 Å². The summed E-state index contributed by atoms with van der Waals surface area (Å²) in [6.45, 7) is 0. The Bertz CT molecular complexity index is 1890. The van der Waals surface area contributed by atoms with Gasteiger partial charge in [-0.2, -0.15) is 9.97 Å². The van der Waals surface area contributed by atoms with Gasteiger partial charge in [-0.3, -0.25) is 0 Å². The molecule has 6 aromatic rings. The van der Waals surface area contributed by atoms with E-state index in [1.165, 1.54) is 6.07 Å². The average Bonchev–Trinajstić information content (AvgIpc) is 3.23. The molecule has 30 heavy (non-hydrogen) atoms. The van der Waals surface area contributed by atoms with Gasteiger partial charge >= 0.3 is 0 Å². The van der Waals surface area contributed by atoms with Gasteiger partial charge in [-0.25, -0.2) is 4.98 Å². The second kappa shape index (κ2) is 6.87. The lowest BCUT2D eigenvalue weighted by Crippen LogP contribution is -1.97. The SMILES string of the molecule is [2H]c1cc2c([2H])c(-c3nc(Cl)nc(-c4ccc5c(c4)sc4ccccc45)n3)c([2H])c([2H])c2c([2H])c1[2H]. The van der Waals surface area contributed by atoms with E-state index in [1.807, 2.05) is 30.3 Å². The Morgan fingerprint density at radius 3 is 2.50 bits per heavy atom. The summed E-state index contributed by atoms with van der Waals surface area (Å²) in [5.74, 6) is 0.221. The second-order valence-corrected chi connectivity index (χ2v) is 8.06. The van der Waals surface area contributed by atoms with Gasteiger partial charge in [0, 0.05) is 31.3 Å². The van der Waals surface area contributed by atoms with Crippen LogP contribution < -0.4 is 0 Å². The Hall–Kier alpha value is -3.34. The number of aromatic nitrogens is 3. The van der Waals surface area contributed by atoms with Crippen LogP contribution in [0.2, 0.25) is 5.28 Å². The maximum absolute atomic E-state index is 8.72. The monoisotopic (exact) mass is 429 g/mol. The van der Waals surface area contributed by atoms with Gasteiger partial charge in [0.25, 0.3) is 0 Å². The first-order valence-corrected chi connectivity index (χ1v) is 10.3. The summed E-state index contributed by atoms with van der Waals surface area (Å²) in [4.78, 5) is 12.9. The number of halogens is 1. The van der Waals surface area contributed by atoms with Gasteiger partial charge in [0.15, 0.2) is 11.6 Å². The molecular weight excluding hydrogens is 410 g/mol. The first-order valence-electron chi connectivity index (χ1n) is 12.1. The van der Waals surface area contributed by atoms with E-state index in [0.29, 0.717) is 5.56 Å². The molecule has 0 aliphatic rings. The van der Waals surface area contributed by atoms with E-state index in [0.717, 1.165) is 20.2 Å². The Balaban J connectivity index is 1.57. The average molecular weight is 430 g/mol. The van der Waals surface area contributed by atoms with Gasteiger partial charge in [0.05, 0.1) is 8.22 Å². The van der Waals surface area contributed by atoms with Crippen molar-refractivity contribution >= 4 is 53.9 Å². The van der Waals surface area contributed by atoms with E-state index in [1.54, 1.807) is 11.3 Å². The topological polar surface area (TPSA) is 38.7 Å². The van der Waals surface area contributed by atoms with Gasteiger partial charge in [0.2, 0.25) is 5.28 Å². The molecule has 0 amide bonds. The number of rotatable bonds is 2. The third-order valence-corrected chi connectivity index (χ3v) is 6.09. The lowest BCUT2D eigenvalue weighted by atomic mass is 10.1. The fourth-order valence-corrected chi connectivity index (χ4v) is 4.71. The van der Waals surface area contributed by atoms with E-state index in [9.17, 15) is 0 Å². The Morgan fingerprint density at radius 1 is 0.733 bits per heavy atom. The van der Waals surface area contributed by atoms with Gasteiger partial charge in [0.1, 0.15) is 0 Å². The van der Waals surface area contributed by atoms with Crippen LogP contribution in [0.3, 0.4) is 0 Å².